The van der Waals surface area contributed by atoms with Crippen LogP contribution in [0.15, 0.2) is 47.1 Å². The van der Waals surface area contributed by atoms with Crippen LogP contribution in [0.1, 0.15) is 24.0 Å². The molecule has 7 heteroatoms. The minimum atomic E-state index is -0.0447. The second kappa shape index (κ2) is 9.80. The average Bonchev–Trinajstić information content (AvgIpc) is 2.69. The number of anilines is 1. The Morgan fingerprint density at radius 1 is 1.18 bits per heavy atom. The molecular formula is C21H25BrN4O2. The van der Waals surface area contributed by atoms with Crippen LogP contribution in [0.5, 0.6) is 0 Å². The number of likely N-dealkylation sites (tertiary alicyclic amines) is 1. The lowest BCUT2D eigenvalue weighted by molar-refractivity contribution is -0.123. The molecule has 0 aliphatic carbocycles. The molecule has 2 aromatic rings. The molecule has 0 atom stereocenters. The van der Waals surface area contributed by atoms with E-state index in [0.29, 0.717) is 18.9 Å². The number of aryl methyl sites for hydroxylation is 1. The van der Waals surface area contributed by atoms with Gasteiger partial charge in [-0.05, 0) is 72.0 Å². The van der Waals surface area contributed by atoms with Gasteiger partial charge in [-0.3, -0.25) is 14.5 Å². The van der Waals surface area contributed by atoms with Gasteiger partial charge in [0.25, 0.3) is 0 Å². The van der Waals surface area contributed by atoms with Crippen molar-refractivity contribution in [1.82, 2.24) is 15.2 Å². The molecule has 148 valence electrons. The van der Waals surface area contributed by atoms with E-state index in [-0.39, 0.29) is 17.7 Å². The van der Waals surface area contributed by atoms with Gasteiger partial charge < -0.3 is 10.6 Å². The number of rotatable bonds is 6. The number of nitrogens with zero attached hydrogens (tertiary/aromatic N) is 2. The summed E-state index contributed by atoms with van der Waals surface area (Å²) in [7, 11) is 0. The predicted octanol–water partition coefficient (Wildman–Crippen LogP) is 3.12. The molecule has 0 unspecified atom stereocenters. The lowest BCUT2D eigenvalue weighted by Crippen LogP contribution is -2.43. The van der Waals surface area contributed by atoms with Gasteiger partial charge in [0.15, 0.2) is 0 Å². The van der Waals surface area contributed by atoms with Gasteiger partial charge in [0, 0.05) is 23.1 Å². The van der Waals surface area contributed by atoms with E-state index in [4.69, 9.17) is 0 Å². The Bertz CT molecular complexity index is 817. The molecule has 6 nitrogen and oxygen atoms in total. The highest BCUT2D eigenvalue weighted by Crippen LogP contribution is 2.19. The monoisotopic (exact) mass is 444 g/mol. The highest BCUT2D eigenvalue weighted by molar-refractivity contribution is 9.10. The summed E-state index contributed by atoms with van der Waals surface area (Å²) in [6, 6.07) is 11.7. The van der Waals surface area contributed by atoms with Gasteiger partial charge in [0.05, 0.1) is 6.54 Å². The number of carbonyl (C=O) groups is 2. The van der Waals surface area contributed by atoms with E-state index >= 15 is 0 Å². The Morgan fingerprint density at radius 2 is 1.93 bits per heavy atom. The fraction of sp³-hybridized carbons (Fsp3) is 0.381. The number of carbonyl (C=O) groups excluding carboxylic acids is 2. The summed E-state index contributed by atoms with van der Waals surface area (Å²) in [5, 5.41) is 5.86. The summed E-state index contributed by atoms with van der Waals surface area (Å²) in [5.74, 6) is 0.534. The van der Waals surface area contributed by atoms with Crippen LogP contribution < -0.4 is 10.6 Å². The van der Waals surface area contributed by atoms with Crippen molar-refractivity contribution in [2.75, 3.05) is 25.0 Å². The summed E-state index contributed by atoms with van der Waals surface area (Å²) in [6.45, 7) is 4.44. The molecule has 0 radical (unpaired) electrons. The molecule has 1 saturated heterocycles. The lowest BCUT2D eigenvalue weighted by atomic mass is 9.96. The highest BCUT2D eigenvalue weighted by Gasteiger charge is 2.26. The number of benzene rings is 1. The molecule has 0 spiro atoms. The summed E-state index contributed by atoms with van der Waals surface area (Å²) >= 11 is 3.33. The van der Waals surface area contributed by atoms with Crippen LogP contribution in [0.25, 0.3) is 0 Å². The maximum atomic E-state index is 12.4. The molecule has 2 N–H and O–H groups in total. The fourth-order valence-corrected chi connectivity index (χ4v) is 3.53. The number of nitrogens with one attached hydrogen (secondary N) is 2. The second-order valence-corrected chi connectivity index (χ2v) is 8.02. The summed E-state index contributed by atoms with van der Waals surface area (Å²) in [5.41, 5.74) is 2.31. The van der Waals surface area contributed by atoms with Crippen LogP contribution in [0.2, 0.25) is 0 Å². The minimum Gasteiger partial charge on any atom is -0.351 e. The number of piperidine rings is 1. The van der Waals surface area contributed by atoms with E-state index in [0.717, 1.165) is 36.0 Å². The summed E-state index contributed by atoms with van der Waals surface area (Å²) in [4.78, 5) is 30.9. The average molecular weight is 445 g/mol. The zero-order valence-corrected chi connectivity index (χ0v) is 17.5. The highest BCUT2D eigenvalue weighted by atomic mass is 79.9. The molecule has 0 saturated carbocycles. The third kappa shape index (κ3) is 5.87. The molecule has 1 aliphatic rings. The van der Waals surface area contributed by atoms with Gasteiger partial charge >= 0.3 is 0 Å². The van der Waals surface area contributed by atoms with Crippen LogP contribution in [0.4, 0.5) is 5.82 Å². The van der Waals surface area contributed by atoms with Crippen molar-refractivity contribution in [3.05, 3.63) is 58.2 Å². The van der Waals surface area contributed by atoms with E-state index in [1.165, 1.54) is 5.56 Å². The van der Waals surface area contributed by atoms with Crippen LogP contribution in [0, 0.1) is 12.8 Å². The molecule has 1 aromatic heterocycles. The van der Waals surface area contributed by atoms with Crippen LogP contribution >= 0.6 is 15.9 Å². The van der Waals surface area contributed by atoms with Gasteiger partial charge in [-0.15, -0.1) is 0 Å². The summed E-state index contributed by atoms with van der Waals surface area (Å²) in [6.07, 6.45) is 3.15. The third-order valence-corrected chi connectivity index (χ3v) is 5.51. The molecule has 1 fully saturated rings. The molecule has 0 bridgehead atoms. The quantitative estimate of drug-likeness (QED) is 0.717. The first kappa shape index (κ1) is 20.5. The fourth-order valence-electron chi connectivity index (χ4n) is 3.29. The number of aromatic nitrogens is 1. The Labute approximate surface area is 173 Å². The Balaban J connectivity index is 1.39. The largest absolute Gasteiger partial charge is 0.351 e. The number of pyridine rings is 1. The van der Waals surface area contributed by atoms with Crippen LogP contribution in [-0.2, 0) is 16.1 Å². The van der Waals surface area contributed by atoms with Gasteiger partial charge in [-0.25, -0.2) is 4.98 Å². The van der Waals surface area contributed by atoms with Crippen molar-refractivity contribution in [3.8, 4) is 0 Å². The maximum Gasteiger partial charge on any atom is 0.234 e. The molecule has 3 rings (SSSR count). The molecule has 2 amide bonds. The van der Waals surface area contributed by atoms with Crippen molar-refractivity contribution in [2.45, 2.75) is 26.3 Å². The maximum absolute atomic E-state index is 12.4. The van der Waals surface area contributed by atoms with E-state index in [1.807, 2.05) is 37.3 Å². The van der Waals surface area contributed by atoms with E-state index in [2.05, 4.69) is 36.4 Å². The van der Waals surface area contributed by atoms with E-state index in [9.17, 15) is 9.59 Å². The van der Waals surface area contributed by atoms with Crippen molar-refractivity contribution >= 4 is 33.6 Å². The van der Waals surface area contributed by atoms with Crippen LogP contribution in [-0.4, -0.2) is 41.3 Å². The first-order chi connectivity index (χ1) is 13.5. The van der Waals surface area contributed by atoms with Gasteiger partial charge in [0.2, 0.25) is 11.8 Å². The SMILES string of the molecule is Cc1ccccc1CNC(=O)CN1CCC(C(=O)Nc2ccc(Br)cn2)CC1. The lowest BCUT2D eigenvalue weighted by Gasteiger charge is -2.30. The normalized spacial score (nSPS) is 15.2. The van der Waals surface area contributed by atoms with Crippen molar-refractivity contribution in [2.24, 2.45) is 5.92 Å². The topological polar surface area (TPSA) is 74.3 Å². The van der Waals surface area contributed by atoms with Gasteiger partial charge in [-0.1, -0.05) is 24.3 Å². The number of hydrogen-bond donors (Lipinski definition) is 2. The molecule has 2 heterocycles. The zero-order valence-electron chi connectivity index (χ0n) is 16.0. The minimum absolute atomic E-state index is 0.00141. The van der Waals surface area contributed by atoms with E-state index in [1.54, 1.807) is 12.3 Å². The standard InChI is InChI=1S/C21H25BrN4O2/c1-15-4-2-3-5-17(15)12-24-20(27)14-26-10-8-16(9-11-26)21(28)25-19-7-6-18(22)13-23-19/h2-7,13,16H,8-12,14H2,1H3,(H,24,27)(H,23,25,28). The Kier molecular flexibility index (Phi) is 7.17. The molecule has 28 heavy (non-hydrogen) atoms. The first-order valence-electron chi connectivity index (χ1n) is 9.47. The van der Waals surface area contributed by atoms with Crippen molar-refractivity contribution in [3.63, 3.8) is 0 Å². The molecular weight excluding hydrogens is 420 g/mol. The number of hydrogen-bond acceptors (Lipinski definition) is 4. The van der Waals surface area contributed by atoms with E-state index < -0.39 is 0 Å². The summed E-state index contributed by atoms with van der Waals surface area (Å²) < 4.78 is 0.875. The predicted molar refractivity (Wildman–Crippen MR) is 113 cm³/mol. The number of amides is 2. The first-order valence-corrected chi connectivity index (χ1v) is 10.3. The Hall–Kier alpha value is -2.25. The number of halogens is 1. The van der Waals surface area contributed by atoms with Gasteiger partial charge in [0.1, 0.15) is 5.82 Å². The van der Waals surface area contributed by atoms with Crippen molar-refractivity contribution in [1.29, 1.82) is 0 Å². The van der Waals surface area contributed by atoms with Crippen LogP contribution in [0.3, 0.4) is 0 Å². The second-order valence-electron chi connectivity index (χ2n) is 7.10. The third-order valence-electron chi connectivity index (χ3n) is 5.04. The van der Waals surface area contributed by atoms with Gasteiger partial charge in [-0.2, -0.15) is 0 Å². The Morgan fingerprint density at radius 3 is 2.61 bits per heavy atom. The van der Waals surface area contributed by atoms with Crippen molar-refractivity contribution < 1.29 is 9.59 Å². The smallest absolute Gasteiger partial charge is 0.234 e. The zero-order chi connectivity index (χ0) is 19.9. The molecule has 1 aliphatic heterocycles. The molecule has 1 aromatic carbocycles.